The zero-order valence-corrected chi connectivity index (χ0v) is 13.0. The summed E-state index contributed by atoms with van der Waals surface area (Å²) in [6.07, 6.45) is 4.98. The molecule has 1 aromatic carbocycles. The molecular formula is C18H29N. The molecule has 0 bridgehead atoms. The average Bonchev–Trinajstić information content (AvgIpc) is 3.00. The molecule has 1 aliphatic carbocycles. The van der Waals surface area contributed by atoms with Crippen molar-refractivity contribution < 1.29 is 0 Å². The minimum Gasteiger partial charge on any atom is -0.310 e. The third kappa shape index (κ3) is 3.60. The number of aryl methyl sites for hydroxylation is 1. The highest BCUT2D eigenvalue weighted by Crippen LogP contribution is 2.57. The summed E-state index contributed by atoms with van der Waals surface area (Å²) in [6.45, 7) is 10.4. The molecule has 2 unspecified atom stereocenters. The zero-order valence-electron chi connectivity index (χ0n) is 13.0. The molecular weight excluding hydrogens is 230 g/mol. The number of benzene rings is 1. The Kier molecular flexibility index (Phi) is 4.67. The fraction of sp³-hybridized carbons (Fsp3) is 0.667. The summed E-state index contributed by atoms with van der Waals surface area (Å²) < 4.78 is 0. The molecule has 0 spiro atoms. The Morgan fingerprint density at radius 2 is 2.00 bits per heavy atom. The number of hydrogen-bond acceptors (Lipinski definition) is 1. The first kappa shape index (κ1) is 14.6. The van der Waals surface area contributed by atoms with Crippen molar-refractivity contribution in [1.82, 2.24) is 5.32 Å². The van der Waals surface area contributed by atoms with Crippen LogP contribution < -0.4 is 5.32 Å². The number of rotatable bonds is 7. The summed E-state index contributed by atoms with van der Waals surface area (Å²) in [5.74, 6) is 0.802. The Morgan fingerprint density at radius 1 is 1.26 bits per heavy atom. The largest absolute Gasteiger partial charge is 0.310 e. The van der Waals surface area contributed by atoms with Crippen molar-refractivity contribution in [2.45, 2.75) is 59.4 Å². The molecule has 1 nitrogen and oxygen atoms in total. The highest BCUT2D eigenvalue weighted by Gasteiger charge is 2.50. The molecule has 0 saturated heterocycles. The molecule has 2 rings (SSSR count). The summed E-state index contributed by atoms with van der Waals surface area (Å²) in [7, 11) is 0. The molecule has 0 radical (unpaired) electrons. The fourth-order valence-corrected chi connectivity index (χ4v) is 3.10. The van der Waals surface area contributed by atoms with Crippen LogP contribution in [0.3, 0.4) is 0 Å². The highest BCUT2D eigenvalue weighted by molar-refractivity contribution is 5.28. The quantitative estimate of drug-likeness (QED) is 0.746. The van der Waals surface area contributed by atoms with Crippen molar-refractivity contribution in [2.24, 2.45) is 11.3 Å². The standard InChI is InChI=1S/C18H29N/c1-5-8-14-9-7-10-15(12-14)17(19-11-6-2)16-13-18(16,3)4/h7,9-10,12,16-17,19H,5-6,8,11,13H2,1-4H3. The van der Waals surface area contributed by atoms with Gasteiger partial charge in [-0.05, 0) is 48.3 Å². The van der Waals surface area contributed by atoms with Crippen LogP contribution in [0.5, 0.6) is 0 Å². The van der Waals surface area contributed by atoms with E-state index in [9.17, 15) is 0 Å². The maximum Gasteiger partial charge on any atom is 0.0354 e. The Morgan fingerprint density at radius 3 is 2.58 bits per heavy atom. The van der Waals surface area contributed by atoms with E-state index in [1.807, 2.05) is 0 Å². The molecule has 0 heterocycles. The van der Waals surface area contributed by atoms with E-state index in [2.05, 4.69) is 57.3 Å². The fourth-order valence-electron chi connectivity index (χ4n) is 3.10. The van der Waals surface area contributed by atoms with Gasteiger partial charge in [-0.3, -0.25) is 0 Å². The SMILES string of the molecule is CCCNC(c1cccc(CCC)c1)C1CC1(C)C. The summed E-state index contributed by atoms with van der Waals surface area (Å²) in [5.41, 5.74) is 3.50. The Bertz CT molecular complexity index is 408. The Hall–Kier alpha value is -0.820. The van der Waals surface area contributed by atoms with Crippen molar-refractivity contribution in [1.29, 1.82) is 0 Å². The second-order valence-corrected chi connectivity index (χ2v) is 6.73. The van der Waals surface area contributed by atoms with Crippen LogP contribution in [0.1, 0.15) is 64.1 Å². The molecule has 2 atom stereocenters. The molecule has 1 heteroatoms. The lowest BCUT2D eigenvalue weighted by molar-refractivity contribution is 0.415. The van der Waals surface area contributed by atoms with Crippen LogP contribution in [0.25, 0.3) is 0 Å². The lowest BCUT2D eigenvalue weighted by Gasteiger charge is -2.21. The van der Waals surface area contributed by atoms with E-state index in [1.165, 1.54) is 36.8 Å². The molecule has 0 aromatic heterocycles. The summed E-state index contributed by atoms with van der Waals surface area (Å²) in [4.78, 5) is 0. The minimum absolute atomic E-state index is 0.520. The highest BCUT2D eigenvalue weighted by atomic mass is 14.9. The first-order valence-corrected chi connectivity index (χ1v) is 7.90. The van der Waals surface area contributed by atoms with Gasteiger partial charge in [0.15, 0.2) is 0 Å². The van der Waals surface area contributed by atoms with Gasteiger partial charge in [-0.15, -0.1) is 0 Å². The van der Waals surface area contributed by atoms with Gasteiger partial charge in [0.1, 0.15) is 0 Å². The van der Waals surface area contributed by atoms with E-state index in [-0.39, 0.29) is 0 Å². The van der Waals surface area contributed by atoms with Crippen molar-refractivity contribution in [2.75, 3.05) is 6.54 Å². The van der Waals surface area contributed by atoms with Gasteiger partial charge < -0.3 is 5.32 Å². The van der Waals surface area contributed by atoms with Gasteiger partial charge in [0.25, 0.3) is 0 Å². The van der Waals surface area contributed by atoms with E-state index in [1.54, 1.807) is 0 Å². The summed E-state index contributed by atoms with van der Waals surface area (Å²) >= 11 is 0. The maximum absolute atomic E-state index is 3.77. The molecule has 0 aliphatic heterocycles. The van der Waals surface area contributed by atoms with Gasteiger partial charge in [-0.1, -0.05) is 58.4 Å². The first-order valence-electron chi connectivity index (χ1n) is 7.90. The third-order valence-corrected chi connectivity index (χ3v) is 4.46. The topological polar surface area (TPSA) is 12.0 Å². The molecule has 0 amide bonds. The lowest BCUT2D eigenvalue weighted by Crippen LogP contribution is -2.25. The van der Waals surface area contributed by atoms with Gasteiger partial charge in [-0.2, -0.15) is 0 Å². The summed E-state index contributed by atoms with van der Waals surface area (Å²) in [6, 6.07) is 9.77. The second-order valence-electron chi connectivity index (χ2n) is 6.73. The van der Waals surface area contributed by atoms with Gasteiger partial charge in [0.2, 0.25) is 0 Å². The monoisotopic (exact) mass is 259 g/mol. The van der Waals surface area contributed by atoms with Crippen LogP contribution in [0.4, 0.5) is 0 Å². The molecule has 1 saturated carbocycles. The van der Waals surface area contributed by atoms with Crippen LogP contribution in [0.2, 0.25) is 0 Å². The predicted octanol–water partition coefficient (Wildman–Crippen LogP) is 4.73. The van der Waals surface area contributed by atoms with Crippen LogP contribution >= 0.6 is 0 Å². The van der Waals surface area contributed by atoms with Crippen molar-refractivity contribution >= 4 is 0 Å². The molecule has 19 heavy (non-hydrogen) atoms. The minimum atomic E-state index is 0.520. The molecule has 1 aliphatic rings. The average molecular weight is 259 g/mol. The van der Waals surface area contributed by atoms with Gasteiger partial charge in [-0.25, -0.2) is 0 Å². The maximum atomic E-state index is 3.77. The van der Waals surface area contributed by atoms with Crippen LogP contribution in [0.15, 0.2) is 24.3 Å². The first-order chi connectivity index (χ1) is 9.08. The van der Waals surface area contributed by atoms with E-state index >= 15 is 0 Å². The van der Waals surface area contributed by atoms with Crippen molar-refractivity contribution in [3.05, 3.63) is 35.4 Å². The Balaban J connectivity index is 2.15. The summed E-state index contributed by atoms with van der Waals surface area (Å²) in [5, 5.41) is 3.77. The van der Waals surface area contributed by atoms with Crippen molar-refractivity contribution in [3.63, 3.8) is 0 Å². The normalized spacial score (nSPS) is 22.2. The third-order valence-electron chi connectivity index (χ3n) is 4.46. The van der Waals surface area contributed by atoms with Gasteiger partial charge >= 0.3 is 0 Å². The van der Waals surface area contributed by atoms with E-state index in [0.29, 0.717) is 11.5 Å². The van der Waals surface area contributed by atoms with E-state index in [0.717, 1.165) is 12.5 Å². The smallest absolute Gasteiger partial charge is 0.0354 e. The van der Waals surface area contributed by atoms with E-state index in [4.69, 9.17) is 0 Å². The second kappa shape index (κ2) is 6.09. The van der Waals surface area contributed by atoms with Gasteiger partial charge in [0, 0.05) is 6.04 Å². The zero-order chi connectivity index (χ0) is 13.9. The number of hydrogen-bond donors (Lipinski definition) is 1. The molecule has 1 aromatic rings. The van der Waals surface area contributed by atoms with Crippen molar-refractivity contribution in [3.8, 4) is 0 Å². The lowest BCUT2D eigenvalue weighted by atomic mass is 9.94. The molecule has 1 N–H and O–H groups in total. The van der Waals surface area contributed by atoms with Crippen LogP contribution in [-0.2, 0) is 6.42 Å². The molecule has 1 fully saturated rings. The van der Waals surface area contributed by atoms with Gasteiger partial charge in [0.05, 0.1) is 0 Å². The van der Waals surface area contributed by atoms with Crippen LogP contribution in [0, 0.1) is 11.3 Å². The Labute approximate surface area is 118 Å². The van der Waals surface area contributed by atoms with Crippen LogP contribution in [-0.4, -0.2) is 6.54 Å². The molecule has 106 valence electrons. The predicted molar refractivity (Wildman–Crippen MR) is 83.4 cm³/mol. The van der Waals surface area contributed by atoms with E-state index < -0.39 is 0 Å². The number of nitrogens with one attached hydrogen (secondary N) is 1.